The number of esters is 1. The van der Waals surface area contributed by atoms with E-state index in [2.05, 4.69) is 5.32 Å². The Bertz CT molecular complexity index is 180. The number of nitrogens with one attached hydrogen (secondary N) is 1. The molecule has 0 amide bonds. The van der Waals surface area contributed by atoms with Crippen LogP contribution >= 0.6 is 0 Å². The molecule has 0 aromatic rings. The van der Waals surface area contributed by atoms with Crippen molar-refractivity contribution >= 4 is 5.97 Å². The SMILES string of the molecule is COCCCOC(=O)CC1CNCCO1. The van der Waals surface area contributed by atoms with Crippen molar-refractivity contribution < 1.29 is 19.0 Å². The van der Waals surface area contributed by atoms with Gasteiger partial charge in [0.1, 0.15) is 0 Å². The molecule has 88 valence electrons. The van der Waals surface area contributed by atoms with E-state index in [0.717, 1.165) is 19.5 Å². The zero-order valence-corrected chi connectivity index (χ0v) is 9.16. The van der Waals surface area contributed by atoms with Crippen LogP contribution in [0.4, 0.5) is 0 Å². The van der Waals surface area contributed by atoms with E-state index in [4.69, 9.17) is 14.2 Å². The van der Waals surface area contributed by atoms with Crippen molar-refractivity contribution in [3.8, 4) is 0 Å². The molecule has 0 aliphatic carbocycles. The van der Waals surface area contributed by atoms with Gasteiger partial charge in [-0.2, -0.15) is 0 Å². The first-order valence-corrected chi connectivity index (χ1v) is 5.30. The quantitative estimate of drug-likeness (QED) is 0.499. The van der Waals surface area contributed by atoms with Gasteiger partial charge < -0.3 is 19.5 Å². The van der Waals surface area contributed by atoms with Gasteiger partial charge in [-0.3, -0.25) is 4.79 Å². The van der Waals surface area contributed by atoms with Crippen LogP contribution in [-0.4, -0.2) is 52.1 Å². The van der Waals surface area contributed by atoms with Crippen molar-refractivity contribution in [3.63, 3.8) is 0 Å². The number of morpholine rings is 1. The lowest BCUT2D eigenvalue weighted by molar-refractivity contribution is -0.147. The van der Waals surface area contributed by atoms with Crippen LogP contribution in [0.2, 0.25) is 0 Å². The lowest BCUT2D eigenvalue weighted by Gasteiger charge is -2.22. The summed E-state index contributed by atoms with van der Waals surface area (Å²) in [6.45, 7) is 3.30. The average molecular weight is 217 g/mol. The van der Waals surface area contributed by atoms with Crippen LogP contribution in [0.3, 0.4) is 0 Å². The average Bonchev–Trinajstić information content (AvgIpc) is 2.26. The van der Waals surface area contributed by atoms with Crippen molar-refractivity contribution in [1.29, 1.82) is 0 Å². The third-order valence-electron chi connectivity index (χ3n) is 2.15. The summed E-state index contributed by atoms with van der Waals surface area (Å²) >= 11 is 0. The second-order valence-electron chi connectivity index (χ2n) is 3.47. The van der Waals surface area contributed by atoms with Gasteiger partial charge in [0.25, 0.3) is 0 Å². The smallest absolute Gasteiger partial charge is 0.308 e. The van der Waals surface area contributed by atoms with Gasteiger partial charge in [0.2, 0.25) is 0 Å². The molecular formula is C10H19NO4. The molecule has 0 saturated carbocycles. The van der Waals surface area contributed by atoms with Gasteiger partial charge in [0.05, 0.1) is 25.7 Å². The van der Waals surface area contributed by atoms with E-state index >= 15 is 0 Å². The maximum atomic E-state index is 11.3. The second kappa shape index (κ2) is 7.62. The number of ether oxygens (including phenoxy) is 3. The van der Waals surface area contributed by atoms with Crippen LogP contribution < -0.4 is 5.32 Å². The lowest BCUT2D eigenvalue weighted by atomic mass is 10.2. The van der Waals surface area contributed by atoms with E-state index in [9.17, 15) is 4.79 Å². The fourth-order valence-corrected chi connectivity index (χ4v) is 1.38. The largest absolute Gasteiger partial charge is 0.466 e. The molecule has 1 saturated heterocycles. The second-order valence-corrected chi connectivity index (χ2v) is 3.47. The van der Waals surface area contributed by atoms with Gasteiger partial charge >= 0.3 is 5.97 Å². The van der Waals surface area contributed by atoms with E-state index in [1.807, 2.05) is 0 Å². The summed E-state index contributed by atoms with van der Waals surface area (Å²) in [5, 5.41) is 3.16. The molecule has 5 nitrogen and oxygen atoms in total. The summed E-state index contributed by atoms with van der Waals surface area (Å²) in [5.74, 6) is -0.195. The lowest BCUT2D eigenvalue weighted by Crippen LogP contribution is -2.39. The monoisotopic (exact) mass is 217 g/mol. The Morgan fingerprint density at radius 2 is 2.40 bits per heavy atom. The molecule has 1 fully saturated rings. The summed E-state index contributed by atoms with van der Waals surface area (Å²) in [6, 6.07) is 0. The molecule has 5 heteroatoms. The fourth-order valence-electron chi connectivity index (χ4n) is 1.38. The number of carbonyl (C=O) groups excluding carboxylic acids is 1. The maximum Gasteiger partial charge on any atom is 0.308 e. The molecule has 1 rings (SSSR count). The highest BCUT2D eigenvalue weighted by Gasteiger charge is 2.17. The Labute approximate surface area is 90.1 Å². The number of hydrogen-bond acceptors (Lipinski definition) is 5. The Morgan fingerprint density at radius 1 is 1.53 bits per heavy atom. The van der Waals surface area contributed by atoms with Crippen molar-refractivity contribution in [2.24, 2.45) is 0 Å². The van der Waals surface area contributed by atoms with Crippen LogP contribution in [-0.2, 0) is 19.0 Å². The van der Waals surface area contributed by atoms with Gasteiger partial charge in [0, 0.05) is 33.2 Å². The zero-order valence-electron chi connectivity index (χ0n) is 9.16. The number of hydrogen-bond donors (Lipinski definition) is 1. The van der Waals surface area contributed by atoms with Gasteiger partial charge in [0.15, 0.2) is 0 Å². The van der Waals surface area contributed by atoms with Crippen LogP contribution in [0.5, 0.6) is 0 Å². The first kappa shape index (κ1) is 12.4. The standard InChI is InChI=1S/C10H19NO4/c1-13-4-2-5-15-10(12)7-9-8-11-3-6-14-9/h9,11H,2-8H2,1H3. The minimum absolute atomic E-state index is 0.0336. The van der Waals surface area contributed by atoms with Gasteiger partial charge in [-0.05, 0) is 0 Å². The Morgan fingerprint density at radius 3 is 3.07 bits per heavy atom. The summed E-state index contributed by atoms with van der Waals surface area (Å²) in [7, 11) is 1.63. The highest BCUT2D eigenvalue weighted by molar-refractivity contribution is 5.70. The predicted octanol–water partition coefficient (Wildman–Crippen LogP) is -0.0554. The molecule has 1 unspecified atom stereocenters. The number of carbonyl (C=O) groups is 1. The van der Waals surface area contributed by atoms with E-state index in [-0.39, 0.29) is 12.1 Å². The van der Waals surface area contributed by atoms with Crippen molar-refractivity contribution in [2.45, 2.75) is 18.9 Å². The molecule has 15 heavy (non-hydrogen) atoms. The molecule has 0 aromatic heterocycles. The molecule has 1 heterocycles. The third-order valence-corrected chi connectivity index (χ3v) is 2.15. The fraction of sp³-hybridized carbons (Fsp3) is 0.900. The molecule has 0 aromatic carbocycles. The van der Waals surface area contributed by atoms with Crippen LogP contribution in [0.15, 0.2) is 0 Å². The summed E-state index contributed by atoms with van der Waals surface area (Å²) in [6.07, 6.45) is 1.04. The zero-order chi connectivity index (χ0) is 10.9. The van der Waals surface area contributed by atoms with Crippen LogP contribution in [0, 0.1) is 0 Å². The molecular weight excluding hydrogens is 198 g/mol. The highest BCUT2D eigenvalue weighted by Crippen LogP contribution is 2.03. The van der Waals surface area contributed by atoms with E-state index < -0.39 is 0 Å². The van der Waals surface area contributed by atoms with Crippen molar-refractivity contribution in [1.82, 2.24) is 5.32 Å². The van der Waals surface area contributed by atoms with Crippen LogP contribution in [0.1, 0.15) is 12.8 Å². The number of methoxy groups -OCH3 is 1. The van der Waals surface area contributed by atoms with Crippen molar-refractivity contribution in [3.05, 3.63) is 0 Å². The van der Waals surface area contributed by atoms with E-state index in [0.29, 0.717) is 26.2 Å². The summed E-state index contributed by atoms with van der Waals surface area (Å²) in [4.78, 5) is 11.3. The normalized spacial score (nSPS) is 21.3. The van der Waals surface area contributed by atoms with Gasteiger partial charge in [-0.25, -0.2) is 0 Å². The summed E-state index contributed by atoms with van der Waals surface area (Å²) in [5.41, 5.74) is 0. The maximum absolute atomic E-state index is 11.3. The van der Waals surface area contributed by atoms with Crippen LogP contribution in [0.25, 0.3) is 0 Å². The molecule has 1 N–H and O–H groups in total. The number of rotatable bonds is 6. The Kier molecular flexibility index (Phi) is 6.31. The molecule has 0 radical (unpaired) electrons. The molecule has 1 aliphatic heterocycles. The minimum atomic E-state index is -0.195. The molecule has 1 atom stereocenters. The predicted molar refractivity (Wildman–Crippen MR) is 54.7 cm³/mol. The first-order chi connectivity index (χ1) is 7.33. The minimum Gasteiger partial charge on any atom is -0.466 e. The van der Waals surface area contributed by atoms with E-state index in [1.54, 1.807) is 7.11 Å². The molecule has 0 spiro atoms. The van der Waals surface area contributed by atoms with Gasteiger partial charge in [-0.1, -0.05) is 0 Å². The first-order valence-electron chi connectivity index (χ1n) is 5.30. The molecule has 0 bridgehead atoms. The summed E-state index contributed by atoms with van der Waals surface area (Å²) < 4.78 is 15.3. The highest BCUT2D eigenvalue weighted by atomic mass is 16.5. The Hall–Kier alpha value is -0.650. The van der Waals surface area contributed by atoms with E-state index in [1.165, 1.54) is 0 Å². The topological polar surface area (TPSA) is 56.8 Å². The molecule has 1 aliphatic rings. The van der Waals surface area contributed by atoms with Gasteiger partial charge in [-0.15, -0.1) is 0 Å². The van der Waals surface area contributed by atoms with Crippen molar-refractivity contribution in [2.75, 3.05) is 40.0 Å². The third kappa shape index (κ3) is 5.71. The Balaban J connectivity index is 2.01.